The lowest BCUT2D eigenvalue weighted by Gasteiger charge is -2.34. The monoisotopic (exact) mass is 311 g/mol. The van der Waals surface area contributed by atoms with Gasteiger partial charge in [-0.15, -0.1) is 23.7 Å². The zero-order chi connectivity index (χ0) is 13.4. The first-order chi connectivity index (χ1) is 9.11. The van der Waals surface area contributed by atoms with E-state index < -0.39 is 0 Å². The number of aryl methyl sites for hydroxylation is 1. The average molecular weight is 312 g/mol. The van der Waals surface area contributed by atoms with Gasteiger partial charge < -0.3 is 15.4 Å². The van der Waals surface area contributed by atoms with E-state index in [1.165, 1.54) is 10.4 Å². The summed E-state index contributed by atoms with van der Waals surface area (Å²) in [6, 6.07) is 6.31. The summed E-state index contributed by atoms with van der Waals surface area (Å²) in [6.07, 6.45) is 2.05. The van der Waals surface area contributed by atoms with Gasteiger partial charge in [-0.2, -0.15) is 0 Å². The molecular formula is C14H18ClN3OS. The molecule has 108 valence electrons. The molecule has 0 radical (unpaired) electrons. The lowest BCUT2D eigenvalue weighted by molar-refractivity contribution is 0.212. The Morgan fingerprint density at radius 3 is 3.00 bits per heavy atom. The molecule has 0 fully saturated rings. The molecule has 6 heteroatoms. The Morgan fingerprint density at radius 1 is 1.50 bits per heavy atom. The third-order valence-electron chi connectivity index (χ3n) is 3.18. The van der Waals surface area contributed by atoms with E-state index in [0.29, 0.717) is 5.13 Å². The third-order valence-corrected chi connectivity index (χ3v) is 3.99. The van der Waals surface area contributed by atoms with E-state index in [0.717, 1.165) is 24.5 Å². The van der Waals surface area contributed by atoms with Gasteiger partial charge in [-0.3, -0.25) is 0 Å². The highest BCUT2D eigenvalue weighted by molar-refractivity contribution is 7.15. The highest BCUT2D eigenvalue weighted by Crippen LogP contribution is 2.35. The summed E-state index contributed by atoms with van der Waals surface area (Å²) in [7, 11) is 0. The molecule has 0 bridgehead atoms. The maximum Gasteiger partial charge on any atom is 0.180 e. The molecule has 0 saturated carbocycles. The maximum absolute atomic E-state index is 5.88. The summed E-state index contributed by atoms with van der Waals surface area (Å²) in [4.78, 5) is 7.63. The first kappa shape index (κ1) is 14.9. The molecule has 0 spiro atoms. The number of rotatable bonds is 2. The van der Waals surface area contributed by atoms with Gasteiger partial charge in [-0.05, 0) is 31.5 Å². The van der Waals surface area contributed by atoms with Crippen molar-refractivity contribution >= 4 is 34.6 Å². The third kappa shape index (κ3) is 2.99. The van der Waals surface area contributed by atoms with Gasteiger partial charge in [0.05, 0.1) is 18.8 Å². The molecule has 4 nitrogen and oxygen atoms in total. The average Bonchev–Trinajstić information content (AvgIpc) is 2.76. The summed E-state index contributed by atoms with van der Waals surface area (Å²) in [5.41, 5.74) is 8.09. The number of nitrogens with zero attached hydrogens (tertiary/aromatic N) is 2. The van der Waals surface area contributed by atoms with Gasteiger partial charge in [0, 0.05) is 11.1 Å². The van der Waals surface area contributed by atoms with E-state index in [1.807, 2.05) is 12.3 Å². The molecule has 1 aliphatic rings. The van der Waals surface area contributed by atoms with Crippen LogP contribution >= 0.6 is 23.7 Å². The van der Waals surface area contributed by atoms with Crippen molar-refractivity contribution in [2.24, 2.45) is 0 Å². The van der Waals surface area contributed by atoms with E-state index in [9.17, 15) is 0 Å². The molecule has 1 aromatic carbocycles. The number of halogens is 1. The Kier molecular flexibility index (Phi) is 4.40. The number of hydrogen-bond donors (Lipinski definition) is 1. The number of hydrogen-bond acceptors (Lipinski definition) is 5. The van der Waals surface area contributed by atoms with Gasteiger partial charge in [0.1, 0.15) is 11.9 Å². The smallest absolute Gasteiger partial charge is 0.180 e. The van der Waals surface area contributed by atoms with Gasteiger partial charge in [-0.1, -0.05) is 6.07 Å². The van der Waals surface area contributed by atoms with Crippen molar-refractivity contribution in [1.82, 2.24) is 4.98 Å². The number of thiazole rings is 1. The maximum atomic E-state index is 5.88. The summed E-state index contributed by atoms with van der Waals surface area (Å²) >= 11 is 1.55. The first-order valence-corrected chi connectivity index (χ1v) is 7.16. The minimum absolute atomic E-state index is 0. The van der Waals surface area contributed by atoms with E-state index in [4.69, 9.17) is 10.5 Å². The van der Waals surface area contributed by atoms with Crippen LogP contribution in [0.4, 0.5) is 10.8 Å². The Labute approximate surface area is 129 Å². The molecule has 1 unspecified atom stereocenters. The van der Waals surface area contributed by atoms with Crippen LogP contribution in [0.5, 0.6) is 5.75 Å². The van der Waals surface area contributed by atoms with Crippen LogP contribution in [0.1, 0.15) is 17.4 Å². The zero-order valence-electron chi connectivity index (χ0n) is 11.5. The second-order valence-electron chi connectivity index (χ2n) is 4.94. The number of nitrogen functional groups attached to an aromatic ring is 1. The summed E-state index contributed by atoms with van der Waals surface area (Å²) in [5.74, 6) is 0.960. The van der Waals surface area contributed by atoms with Gasteiger partial charge in [0.25, 0.3) is 0 Å². The Morgan fingerprint density at radius 2 is 2.30 bits per heavy atom. The van der Waals surface area contributed by atoms with Gasteiger partial charge in [-0.25, -0.2) is 4.98 Å². The van der Waals surface area contributed by atoms with E-state index >= 15 is 0 Å². The zero-order valence-corrected chi connectivity index (χ0v) is 13.1. The Bertz CT molecular complexity index is 602. The largest absolute Gasteiger partial charge is 0.487 e. The van der Waals surface area contributed by atoms with Crippen LogP contribution in [0.15, 0.2) is 24.4 Å². The predicted molar refractivity (Wildman–Crippen MR) is 86.1 cm³/mol. The second kappa shape index (κ2) is 5.89. The molecule has 0 aliphatic carbocycles. The molecule has 1 aliphatic heterocycles. The van der Waals surface area contributed by atoms with Crippen LogP contribution in [0, 0.1) is 6.92 Å². The van der Waals surface area contributed by atoms with Crippen molar-refractivity contribution in [3.8, 4) is 5.75 Å². The number of aromatic nitrogens is 1. The predicted octanol–water partition coefficient (Wildman–Crippen LogP) is 3.24. The normalized spacial score (nSPS) is 17.1. The van der Waals surface area contributed by atoms with E-state index in [-0.39, 0.29) is 18.5 Å². The highest BCUT2D eigenvalue weighted by atomic mass is 35.5. The molecule has 2 aromatic rings. The Balaban J connectivity index is 0.00000147. The molecule has 2 heterocycles. The van der Waals surface area contributed by atoms with Crippen molar-refractivity contribution in [3.63, 3.8) is 0 Å². The molecule has 0 amide bonds. The molecule has 2 N–H and O–H groups in total. The fourth-order valence-corrected chi connectivity index (χ4v) is 3.07. The SMILES string of the molecule is Cc1ccc2c(c1)N(Cc1cnc(N)s1)CC(C)O2.Cl. The first-order valence-electron chi connectivity index (χ1n) is 6.34. The van der Waals surface area contributed by atoms with Crippen molar-refractivity contribution in [3.05, 3.63) is 34.8 Å². The number of fused-ring (bicyclic) bond motifs is 1. The van der Waals surface area contributed by atoms with Crippen molar-refractivity contribution < 1.29 is 4.74 Å². The van der Waals surface area contributed by atoms with Crippen LogP contribution in [0.25, 0.3) is 0 Å². The van der Waals surface area contributed by atoms with E-state index in [1.54, 1.807) is 11.3 Å². The van der Waals surface area contributed by atoms with Gasteiger partial charge >= 0.3 is 0 Å². The standard InChI is InChI=1S/C14H17N3OS.ClH/c1-9-3-4-13-12(5-9)17(7-10(2)18-13)8-11-6-16-14(15)19-11;/h3-6,10H,7-8H2,1-2H3,(H2,15,16);1H. The van der Waals surface area contributed by atoms with E-state index in [2.05, 4.69) is 35.9 Å². The summed E-state index contributed by atoms with van der Waals surface area (Å²) in [6.45, 7) is 5.91. The molecule has 20 heavy (non-hydrogen) atoms. The van der Waals surface area contributed by atoms with Crippen LogP contribution in [-0.4, -0.2) is 17.6 Å². The molecular weight excluding hydrogens is 294 g/mol. The number of benzene rings is 1. The Hall–Kier alpha value is -1.46. The molecule has 1 aromatic heterocycles. The van der Waals surface area contributed by atoms with Crippen LogP contribution in [0.2, 0.25) is 0 Å². The second-order valence-corrected chi connectivity index (χ2v) is 6.09. The fraction of sp³-hybridized carbons (Fsp3) is 0.357. The van der Waals surface area contributed by atoms with Crippen LogP contribution < -0.4 is 15.4 Å². The quantitative estimate of drug-likeness (QED) is 0.925. The fourth-order valence-electron chi connectivity index (χ4n) is 2.37. The van der Waals surface area contributed by atoms with Crippen molar-refractivity contribution in [1.29, 1.82) is 0 Å². The molecule has 1 atom stereocenters. The highest BCUT2D eigenvalue weighted by Gasteiger charge is 2.23. The topological polar surface area (TPSA) is 51.4 Å². The molecule has 3 rings (SSSR count). The molecule has 0 saturated heterocycles. The lowest BCUT2D eigenvalue weighted by Crippen LogP contribution is -2.37. The van der Waals surface area contributed by atoms with Gasteiger partial charge in [0.2, 0.25) is 0 Å². The van der Waals surface area contributed by atoms with Crippen LogP contribution in [0.3, 0.4) is 0 Å². The van der Waals surface area contributed by atoms with Crippen molar-refractivity contribution in [2.45, 2.75) is 26.5 Å². The minimum Gasteiger partial charge on any atom is -0.487 e. The summed E-state index contributed by atoms with van der Waals surface area (Å²) < 4.78 is 5.88. The van der Waals surface area contributed by atoms with Crippen LogP contribution in [-0.2, 0) is 6.54 Å². The lowest BCUT2D eigenvalue weighted by atomic mass is 10.1. The minimum atomic E-state index is 0. The summed E-state index contributed by atoms with van der Waals surface area (Å²) in [5, 5.41) is 0.626. The number of anilines is 2. The number of ether oxygens (including phenoxy) is 1. The van der Waals surface area contributed by atoms with Crippen molar-refractivity contribution in [2.75, 3.05) is 17.2 Å². The van der Waals surface area contributed by atoms with Gasteiger partial charge in [0.15, 0.2) is 5.13 Å². The number of nitrogens with two attached hydrogens (primary N) is 1.